The Morgan fingerprint density at radius 1 is 0.317 bits per heavy atom. The third kappa shape index (κ3) is 76.3. The number of hydrogen-bond donors (Lipinski definition) is 3. The lowest BCUT2D eigenvalue weighted by atomic mass is 9.99. The lowest BCUT2D eigenvalue weighted by Gasteiger charge is -2.21. The molecule has 614 valence electrons. The fourth-order valence-corrected chi connectivity index (χ4v) is 14.3. The maximum Gasteiger partial charge on any atom is 0.472 e. The quantitative estimate of drug-likeness (QED) is 0.0169. The molecule has 0 amide bonds. The van der Waals surface area contributed by atoms with Gasteiger partial charge in [-0.1, -0.05) is 374 Å². The molecule has 0 heterocycles. The first-order valence-corrected chi connectivity index (χ1v) is 46.3. The van der Waals surface area contributed by atoms with E-state index in [2.05, 4.69) is 65.8 Å². The van der Waals surface area contributed by atoms with Crippen LogP contribution in [0.15, 0.2) is 24.3 Å². The molecule has 0 saturated heterocycles. The number of rotatable bonds is 82. The van der Waals surface area contributed by atoms with Crippen LogP contribution >= 0.6 is 15.6 Å². The van der Waals surface area contributed by atoms with Gasteiger partial charge >= 0.3 is 39.5 Å². The number of aliphatic hydroxyl groups excluding tert-OH is 1. The van der Waals surface area contributed by atoms with E-state index in [-0.39, 0.29) is 25.7 Å². The molecule has 6 atom stereocenters. The summed E-state index contributed by atoms with van der Waals surface area (Å²) in [6.45, 7) is 9.66. The summed E-state index contributed by atoms with van der Waals surface area (Å²) in [5, 5.41) is 10.7. The molecule has 0 aliphatic rings. The second-order valence-corrected chi connectivity index (χ2v) is 33.5. The Balaban J connectivity index is 5.27. The maximum atomic E-state index is 13.1. The van der Waals surface area contributed by atoms with Crippen LogP contribution < -0.4 is 0 Å². The van der Waals surface area contributed by atoms with Crippen molar-refractivity contribution in [3.05, 3.63) is 24.3 Å². The second-order valence-electron chi connectivity index (χ2n) is 30.6. The van der Waals surface area contributed by atoms with Crippen LogP contribution in [-0.4, -0.2) is 96.7 Å². The molecule has 0 radical (unpaired) electrons. The minimum absolute atomic E-state index is 0.102. The normalized spacial score (nSPS) is 14.2. The lowest BCUT2D eigenvalue weighted by molar-refractivity contribution is -0.161. The molecule has 3 unspecified atom stereocenters. The molecule has 0 bridgehead atoms. The summed E-state index contributed by atoms with van der Waals surface area (Å²) in [5.74, 6) is -0.506. The van der Waals surface area contributed by atoms with Gasteiger partial charge in [0.15, 0.2) is 12.2 Å². The largest absolute Gasteiger partial charge is 0.472 e. The average Bonchev–Trinajstić information content (AvgIpc) is 0.907. The van der Waals surface area contributed by atoms with Crippen LogP contribution in [0.2, 0.25) is 0 Å². The van der Waals surface area contributed by atoms with E-state index in [1.54, 1.807) is 0 Å². The van der Waals surface area contributed by atoms with Crippen molar-refractivity contribution in [3.8, 4) is 0 Å². The molecule has 0 aromatic carbocycles. The van der Waals surface area contributed by atoms with Gasteiger partial charge in [0.05, 0.1) is 26.4 Å². The first-order valence-electron chi connectivity index (χ1n) is 43.3. The number of esters is 4. The molecule has 0 aromatic heterocycles. The molecule has 0 saturated carbocycles. The van der Waals surface area contributed by atoms with Crippen molar-refractivity contribution in [1.82, 2.24) is 0 Å². The van der Waals surface area contributed by atoms with E-state index >= 15 is 0 Å². The number of aliphatic hydroxyl groups is 1. The van der Waals surface area contributed by atoms with Crippen LogP contribution in [0.3, 0.4) is 0 Å². The Kier molecular flexibility index (Phi) is 74.1. The van der Waals surface area contributed by atoms with E-state index in [4.69, 9.17) is 37.0 Å². The Labute approximate surface area is 637 Å². The molecule has 3 N–H and O–H groups in total. The molecule has 0 aliphatic carbocycles. The monoisotopic (exact) mass is 1520 g/mol. The second kappa shape index (κ2) is 75.9. The number of phosphoric acid groups is 2. The summed E-state index contributed by atoms with van der Waals surface area (Å²) < 4.78 is 68.8. The number of ether oxygens (including phenoxy) is 4. The Hall–Kier alpha value is -2.46. The fraction of sp³-hybridized carbons (Fsp3) is 0.906. The van der Waals surface area contributed by atoms with Crippen molar-refractivity contribution in [1.29, 1.82) is 0 Å². The predicted molar refractivity (Wildman–Crippen MR) is 427 cm³/mol. The van der Waals surface area contributed by atoms with Crippen molar-refractivity contribution >= 4 is 39.5 Å². The van der Waals surface area contributed by atoms with Crippen molar-refractivity contribution in [2.24, 2.45) is 11.8 Å². The van der Waals surface area contributed by atoms with Gasteiger partial charge in [0, 0.05) is 25.7 Å². The van der Waals surface area contributed by atoms with Crippen LogP contribution in [-0.2, 0) is 65.4 Å². The van der Waals surface area contributed by atoms with Crippen molar-refractivity contribution in [2.75, 3.05) is 39.6 Å². The van der Waals surface area contributed by atoms with E-state index in [9.17, 15) is 43.2 Å². The highest BCUT2D eigenvalue weighted by Gasteiger charge is 2.30. The lowest BCUT2D eigenvalue weighted by Crippen LogP contribution is -2.30. The van der Waals surface area contributed by atoms with Crippen LogP contribution in [0.1, 0.15) is 427 Å². The fourth-order valence-electron chi connectivity index (χ4n) is 12.7. The van der Waals surface area contributed by atoms with Crippen LogP contribution in [0.5, 0.6) is 0 Å². The Bertz CT molecular complexity index is 2090. The summed E-state index contributed by atoms with van der Waals surface area (Å²) >= 11 is 0. The number of unbranched alkanes of at least 4 members (excludes halogenated alkanes) is 48. The Morgan fingerprint density at radius 3 is 0.865 bits per heavy atom. The van der Waals surface area contributed by atoms with Gasteiger partial charge in [-0.2, -0.15) is 0 Å². The van der Waals surface area contributed by atoms with E-state index in [1.807, 2.05) is 0 Å². The smallest absolute Gasteiger partial charge is 0.462 e. The molecule has 17 nitrogen and oxygen atoms in total. The average molecular weight is 1520 g/mol. The predicted octanol–water partition coefficient (Wildman–Crippen LogP) is 25.4. The highest BCUT2D eigenvalue weighted by Crippen LogP contribution is 2.45. The number of hydrogen-bond acceptors (Lipinski definition) is 15. The highest BCUT2D eigenvalue weighted by atomic mass is 31.2. The summed E-state index contributed by atoms with van der Waals surface area (Å²) in [5.41, 5.74) is 0. The summed E-state index contributed by atoms with van der Waals surface area (Å²) in [7, 11) is -9.94. The van der Waals surface area contributed by atoms with Gasteiger partial charge in [-0.3, -0.25) is 37.3 Å². The zero-order chi connectivity index (χ0) is 76.4. The van der Waals surface area contributed by atoms with Gasteiger partial charge < -0.3 is 33.8 Å². The Morgan fingerprint density at radius 2 is 0.567 bits per heavy atom. The molecule has 0 aromatic rings. The van der Waals surface area contributed by atoms with Crippen LogP contribution in [0, 0.1) is 11.8 Å². The van der Waals surface area contributed by atoms with Crippen molar-refractivity contribution in [2.45, 2.75) is 445 Å². The minimum Gasteiger partial charge on any atom is -0.462 e. The molecule has 0 fully saturated rings. The van der Waals surface area contributed by atoms with Gasteiger partial charge in [-0.05, 0) is 63.2 Å². The number of allylic oxidation sites excluding steroid dienone is 4. The molecule has 104 heavy (non-hydrogen) atoms. The van der Waals surface area contributed by atoms with E-state index in [0.717, 1.165) is 121 Å². The van der Waals surface area contributed by atoms with E-state index < -0.39 is 97.5 Å². The minimum atomic E-state index is -4.97. The van der Waals surface area contributed by atoms with Gasteiger partial charge in [0.1, 0.15) is 19.3 Å². The third-order valence-electron chi connectivity index (χ3n) is 19.7. The zero-order valence-corrected chi connectivity index (χ0v) is 69.6. The van der Waals surface area contributed by atoms with E-state index in [1.165, 1.54) is 225 Å². The van der Waals surface area contributed by atoms with Gasteiger partial charge in [0.2, 0.25) is 0 Å². The van der Waals surface area contributed by atoms with Crippen LogP contribution in [0.4, 0.5) is 0 Å². The zero-order valence-electron chi connectivity index (χ0n) is 67.8. The molecular weight excluding hydrogens is 1350 g/mol. The van der Waals surface area contributed by atoms with Crippen LogP contribution in [0.25, 0.3) is 0 Å². The summed E-state index contributed by atoms with van der Waals surface area (Å²) in [4.78, 5) is 73.2. The van der Waals surface area contributed by atoms with Gasteiger partial charge in [0.25, 0.3) is 0 Å². The first kappa shape index (κ1) is 102. The molecule has 0 spiro atoms. The summed E-state index contributed by atoms with van der Waals surface area (Å²) in [6.07, 6.45) is 70.1. The van der Waals surface area contributed by atoms with Crippen molar-refractivity contribution < 1.29 is 80.2 Å². The molecular formula is C85H162O17P2. The number of carbonyl (C=O) groups excluding carboxylic acids is 4. The first-order chi connectivity index (χ1) is 50.4. The highest BCUT2D eigenvalue weighted by molar-refractivity contribution is 7.47. The maximum absolute atomic E-state index is 13.1. The molecule has 0 rings (SSSR count). The number of carbonyl (C=O) groups is 4. The van der Waals surface area contributed by atoms with E-state index in [0.29, 0.717) is 25.7 Å². The SMILES string of the molecule is CCCCCC/C=C\C=C/CCCCCCCC(=O)OC[C@H](COP(=O)(O)OC[C@@H](O)COP(=O)(O)OC[C@@H](COC(=O)CCCCCCCCCCCCC(C)C)OC(=O)CCCCCCCCCCCCCCCC)OC(=O)CCCCCCCCCCCCCCCCCCCCC(C)CC. The van der Waals surface area contributed by atoms with Crippen molar-refractivity contribution in [3.63, 3.8) is 0 Å². The van der Waals surface area contributed by atoms with Gasteiger partial charge in [-0.15, -0.1) is 0 Å². The number of phosphoric ester groups is 2. The molecule has 0 aliphatic heterocycles. The topological polar surface area (TPSA) is 237 Å². The third-order valence-corrected chi connectivity index (χ3v) is 21.6. The van der Waals surface area contributed by atoms with Gasteiger partial charge in [-0.25, -0.2) is 9.13 Å². The molecule has 19 heteroatoms. The standard InChI is InChI=1S/C85H162O17P2/c1-7-10-12-14-16-18-20-22-28-33-36-43-49-55-61-67-82(87)95-73-80(101-85(90)70-64-58-52-46-38-34-30-27-25-24-26-29-31-35-42-48-54-60-66-78(6)9-3)75-99-103(91,92)97-71-79(86)72-98-104(93,94)100-76-81(74-96-83(88)68-62-56-50-44-40-39-41-47-53-59-65-77(4)5)102-84(89)69-63-57-51-45-37-32-23-21-19-17-15-13-11-8-2/h18,20,22,28,77-81,86H,7-17,19,21,23-27,29-76H2,1-6H3,(H,91,92)(H,93,94)/b20-18-,28-22-/t78?,79-,80-,81-/m1/s1. The summed E-state index contributed by atoms with van der Waals surface area (Å²) in [6, 6.07) is 0.